The first-order chi connectivity index (χ1) is 8.54. The van der Waals surface area contributed by atoms with E-state index in [1.165, 1.54) is 12.1 Å². The van der Waals surface area contributed by atoms with E-state index in [0.29, 0.717) is 10.9 Å². The van der Waals surface area contributed by atoms with E-state index >= 15 is 0 Å². The molecule has 0 aliphatic carbocycles. The Hall–Kier alpha value is -1.19. The quantitative estimate of drug-likeness (QED) is 0.902. The molecule has 0 aliphatic heterocycles. The number of aliphatic hydroxyl groups is 1. The van der Waals surface area contributed by atoms with Crippen LogP contribution in [0.2, 0.25) is 0 Å². The molecule has 0 bridgehead atoms. The van der Waals surface area contributed by atoms with Crippen LogP contribution in [-0.4, -0.2) is 5.11 Å². The molecule has 0 amide bonds. The van der Waals surface area contributed by atoms with Crippen molar-refractivity contribution < 1.29 is 9.50 Å². The molecule has 1 nitrogen and oxygen atoms in total. The van der Waals surface area contributed by atoms with Gasteiger partial charge in [-0.25, -0.2) is 4.39 Å². The number of benzene rings is 2. The lowest BCUT2D eigenvalue weighted by atomic mass is 10.00. The van der Waals surface area contributed by atoms with E-state index < -0.39 is 6.10 Å². The Morgan fingerprint density at radius 2 is 2.00 bits per heavy atom. The average Bonchev–Trinajstić information content (AvgIpc) is 2.27. The second kappa shape index (κ2) is 5.63. The molecule has 0 fully saturated rings. The second-order valence-electron chi connectivity index (χ2n) is 4.41. The van der Waals surface area contributed by atoms with Crippen LogP contribution in [0.15, 0.2) is 46.9 Å². The van der Waals surface area contributed by atoms with Crippen molar-refractivity contribution in [2.45, 2.75) is 19.4 Å². The minimum Gasteiger partial charge on any atom is -0.388 e. The van der Waals surface area contributed by atoms with Gasteiger partial charge in [0, 0.05) is 10.9 Å². The molecule has 0 radical (unpaired) electrons. The molecule has 0 heterocycles. The molecule has 2 aromatic rings. The van der Waals surface area contributed by atoms with E-state index in [4.69, 9.17) is 0 Å². The molecule has 0 saturated heterocycles. The van der Waals surface area contributed by atoms with E-state index in [1.54, 1.807) is 0 Å². The normalized spacial score (nSPS) is 12.4. The third-order valence-corrected chi connectivity index (χ3v) is 3.24. The van der Waals surface area contributed by atoms with Crippen molar-refractivity contribution in [3.8, 4) is 0 Å². The predicted molar refractivity (Wildman–Crippen MR) is 73.9 cm³/mol. The summed E-state index contributed by atoms with van der Waals surface area (Å²) in [6.45, 7) is 1.98. The fraction of sp³-hybridized carbons (Fsp3) is 0.200. The van der Waals surface area contributed by atoms with Crippen LogP contribution in [-0.2, 0) is 6.42 Å². The first kappa shape index (κ1) is 13.2. The van der Waals surface area contributed by atoms with Crippen molar-refractivity contribution >= 4 is 15.9 Å². The Bertz CT molecular complexity index is 534. The predicted octanol–water partition coefficient (Wildman–Crippen LogP) is 4.17. The molecular formula is C15H14BrFO. The highest BCUT2D eigenvalue weighted by molar-refractivity contribution is 9.10. The van der Waals surface area contributed by atoms with Gasteiger partial charge in [0.05, 0.1) is 6.10 Å². The second-order valence-corrected chi connectivity index (χ2v) is 5.33. The minimum atomic E-state index is -0.612. The van der Waals surface area contributed by atoms with Crippen molar-refractivity contribution in [3.05, 3.63) is 69.4 Å². The molecule has 0 aromatic heterocycles. The Balaban J connectivity index is 2.18. The largest absolute Gasteiger partial charge is 0.388 e. The van der Waals surface area contributed by atoms with Crippen molar-refractivity contribution in [1.82, 2.24) is 0 Å². The Morgan fingerprint density at radius 1 is 1.22 bits per heavy atom. The number of aryl methyl sites for hydroxylation is 1. The number of aliphatic hydroxyl groups excluding tert-OH is 1. The summed E-state index contributed by atoms with van der Waals surface area (Å²) < 4.78 is 13.9. The van der Waals surface area contributed by atoms with Gasteiger partial charge in [0.1, 0.15) is 5.82 Å². The molecule has 1 atom stereocenters. The van der Waals surface area contributed by atoms with E-state index in [0.717, 1.165) is 16.7 Å². The van der Waals surface area contributed by atoms with E-state index in [2.05, 4.69) is 15.9 Å². The van der Waals surface area contributed by atoms with Gasteiger partial charge in [-0.05, 0) is 36.2 Å². The van der Waals surface area contributed by atoms with Gasteiger partial charge in [0.2, 0.25) is 0 Å². The van der Waals surface area contributed by atoms with Crippen molar-refractivity contribution in [1.29, 1.82) is 0 Å². The fourth-order valence-corrected chi connectivity index (χ4v) is 2.46. The van der Waals surface area contributed by atoms with Gasteiger partial charge < -0.3 is 5.11 Å². The van der Waals surface area contributed by atoms with Gasteiger partial charge in [0.25, 0.3) is 0 Å². The molecule has 0 saturated carbocycles. The maximum absolute atomic E-state index is 13.2. The van der Waals surface area contributed by atoms with Crippen LogP contribution in [0.25, 0.3) is 0 Å². The molecular weight excluding hydrogens is 295 g/mol. The zero-order valence-corrected chi connectivity index (χ0v) is 11.6. The van der Waals surface area contributed by atoms with Crippen molar-refractivity contribution in [2.24, 2.45) is 0 Å². The summed E-state index contributed by atoms with van der Waals surface area (Å²) >= 11 is 3.25. The molecule has 2 aromatic carbocycles. The van der Waals surface area contributed by atoms with E-state index in [-0.39, 0.29) is 5.82 Å². The highest BCUT2D eigenvalue weighted by atomic mass is 79.9. The topological polar surface area (TPSA) is 20.2 Å². The Labute approximate surface area is 114 Å². The average molecular weight is 309 g/mol. The summed E-state index contributed by atoms with van der Waals surface area (Å²) in [6, 6.07) is 12.4. The number of halogens is 2. The van der Waals surface area contributed by atoms with Crippen LogP contribution >= 0.6 is 15.9 Å². The zero-order chi connectivity index (χ0) is 13.1. The number of hydrogen-bond acceptors (Lipinski definition) is 1. The SMILES string of the molecule is Cc1cccc(C(O)Cc2cc(F)cc(Br)c2)c1. The number of rotatable bonds is 3. The van der Waals surface area contributed by atoms with Gasteiger partial charge in [-0.15, -0.1) is 0 Å². The van der Waals surface area contributed by atoms with Crippen LogP contribution in [0.4, 0.5) is 4.39 Å². The summed E-state index contributed by atoms with van der Waals surface area (Å²) in [5, 5.41) is 10.1. The first-order valence-electron chi connectivity index (χ1n) is 5.74. The number of hydrogen-bond donors (Lipinski definition) is 1. The van der Waals surface area contributed by atoms with Crippen LogP contribution in [0.1, 0.15) is 22.8 Å². The monoisotopic (exact) mass is 308 g/mol. The van der Waals surface area contributed by atoms with Gasteiger partial charge in [-0.3, -0.25) is 0 Å². The third-order valence-electron chi connectivity index (χ3n) is 2.78. The third kappa shape index (κ3) is 3.40. The molecule has 0 aliphatic rings. The summed E-state index contributed by atoms with van der Waals surface area (Å²) in [7, 11) is 0. The highest BCUT2D eigenvalue weighted by Crippen LogP contribution is 2.22. The molecule has 94 valence electrons. The Kier molecular flexibility index (Phi) is 4.15. The summed E-state index contributed by atoms with van der Waals surface area (Å²) in [5.74, 6) is -0.296. The molecule has 18 heavy (non-hydrogen) atoms. The highest BCUT2D eigenvalue weighted by Gasteiger charge is 2.10. The molecule has 3 heteroatoms. The zero-order valence-electron chi connectivity index (χ0n) is 10.0. The van der Waals surface area contributed by atoms with Gasteiger partial charge in [-0.2, -0.15) is 0 Å². The summed E-state index contributed by atoms with van der Waals surface area (Å²) in [5.41, 5.74) is 2.73. The van der Waals surface area contributed by atoms with Gasteiger partial charge >= 0.3 is 0 Å². The lowest BCUT2D eigenvalue weighted by Gasteiger charge is -2.12. The van der Waals surface area contributed by atoms with Gasteiger partial charge in [-0.1, -0.05) is 45.8 Å². The van der Waals surface area contributed by atoms with E-state index in [9.17, 15) is 9.50 Å². The molecule has 1 unspecified atom stereocenters. The molecule has 1 N–H and O–H groups in total. The first-order valence-corrected chi connectivity index (χ1v) is 6.53. The molecule has 0 spiro atoms. The maximum atomic E-state index is 13.2. The summed E-state index contributed by atoms with van der Waals surface area (Å²) in [4.78, 5) is 0. The van der Waals surface area contributed by atoms with Crippen LogP contribution in [0.5, 0.6) is 0 Å². The van der Waals surface area contributed by atoms with E-state index in [1.807, 2.05) is 37.3 Å². The lowest BCUT2D eigenvalue weighted by Crippen LogP contribution is -2.02. The lowest BCUT2D eigenvalue weighted by molar-refractivity contribution is 0.178. The molecule has 2 rings (SSSR count). The fourth-order valence-electron chi connectivity index (χ4n) is 1.95. The van der Waals surface area contributed by atoms with Crippen LogP contribution in [0, 0.1) is 12.7 Å². The maximum Gasteiger partial charge on any atom is 0.124 e. The van der Waals surface area contributed by atoms with Crippen molar-refractivity contribution in [2.75, 3.05) is 0 Å². The van der Waals surface area contributed by atoms with Crippen LogP contribution < -0.4 is 0 Å². The van der Waals surface area contributed by atoms with Crippen LogP contribution in [0.3, 0.4) is 0 Å². The summed E-state index contributed by atoms with van der Waals surface area (Å²) in [6.07, 6.45) is -0.210. The Morgan fingerprint density at radius 3 is 2.67 bits per heavy atom. The van der Waals surface area contributed by atoms with Gasteiger partial charge in [0.15, 0.2) is 0 Å². The standard InChI is InChI=1S/C15H14BrFO/c1-10-3-2-4-12(5-10)15(18)8-11-6-13(16)9-14(17)7-11/h2-7,9,15,18H,8H2,1H3. The minimum absolute atomic E-state index is 0.296. The smallest absolute Gasteiger partial charge is 0.124 e. The van der Waals surface area contributed by atoms with Crippen molar-refractivity contribution in [3.63, 3.8) is 0 Å².